The number of hydrogen-bond acceptors (Lipinski definition) is 2. The van der Waals surface area contributed by atoms with Gasteiger partial charge in [0.15, 0.2) is 0 Å². The van der Waals surface area contributed by atoms with Crippen molar-refractivity contribution in [2.75, 3.05) is 18.1 Å². The molecule has 0 aromatic carbocycles. The third-order valence-corrected chi connectivity index (χ3v) is 6.04. The van der Waals surface area contributed by atoms with Gasteiger partial charge in [0.1, 0.15) is 0 Å². The molecule has 2 heteroatoms. The zero-order valence-corrected chi connectivity index (χ0v) is 13.3. The van der Waals surface area contributed by atoms with Crippen molar-refractivity contribution in [1.29, 1.82) is 0 Å². The highest BCUT2D eigenvalue weighted by Crippen LogP contribution is 2.37. The molecule has 0 spiro atoms. The summed E-state index contributed by atoms with van der Waals surface area (Å²) in [5.41, 5.74) is 0.519. The van der Waals surface area contributed by atoms with Crippen LogP contribution in [0.4, 0.5) is 0 Å². The van der Waals surface area contributed by atoms with E-state index in [4.69, 9.17) is 0 Å². The van der Waals surface area contributed by atoms with Crippen molar-refractivity contribution in [3.63, 3.8) is 0 Å². The Labute approximate surface area is 118 Å². The second-order valence-electron chi connectivity index (χ2n) is 7.38. The van der Waals surface area contributed by atoms with Gasteiger partial charge in [-0.2, -0.15) is 11.8 Å². The third-order valence-electron chi connectivity index (χ3n) is 4.99. The van der Waals surface area contributed by atoms with Crippen LogP contribution in [0.1, 0.15) is 59.3 Å². The average Bonchev–Trinajstić information content (AvgIpc) is 2.37. The molecule has 2 rings (SSSR count). The fraction of sp³-hybridized carbons (Fsp3) is 1.00. The molecule has 1 aliphatic heterocycles. The highest BCUT2D eigenvalue weighted by atomic mass is 32.2. The molecule has 106 valence electrons. The first-order valence-corrected chi connectivity index (χ1v) is 9.02. The summed E-state index contributed by atoms with van der Waals surface area (Å²) in [7, 11) is 0. The monoisotopic (exact) mass is 269 g/mol. The van der Waals surface area contributed by atoms with Gasteiger partial charge in [0.25, 0.3) is 0 Å². The lowest BCUT2D eigenvalue weighted by molar-refractivity contribution is 0.158. The lowest BCUT2D eigenvalue weighted by Gasteiger charge is -2.37. The van der Waals surface area contributed by atoms with Crippen LogP contribution >= 0.6 is 11.8 Å². The molecular weight excluding hydrogens is 238 g/mol. The predicted octanol–water partition coefficient (Wildman–Crippen LogP) is 4.32. The Kier molecular flexibility index (Phi) is 5.44. The first-order valence-electron chi connectivity index (χ1n) is 7.87. The smallest absolute Gasteiger partial charge is 0.00673 e. The van der Waals surface area contributed by atoms with Crippen LogP contribution in [0.25, 0.3) is 0 Å². The average molecular weight is 269 g/mol. The van der Waals surface area contributed by atoms with E-state index in [0.717, 1.165) is 17.9 Å². The van der Waals surface area contributed by atoms with E-state index < -0.39 is 0 Å². The lowest BCUT2D eigenvalue weighted by atomic mass is 9.71. The van der Waals surface area contributed by atoms with E-state index in [2.05, 4.69) is 37.8 Å². The summed E-state index contributed by atoms with van der Waals surface area (Å²) in [6.45, 7) is 8.51. The Balaban J connectivity index is 1.64. The minimum atomic E-state index is 0.519. The second-order valence-corrected chi connectivity index (χ2v) is 8.60. The van der Waals surface area contributed by atoms with Gasteiger partial charge in [0.2, 0.25) is 0 Å². The maximum Gasteiger partial charge on any atom is 0.00673 e. The number of nitrogens with one attached hydrogen (secondary N) is 1. The van der Waals surface area contributed by atoms with Crippen molar-refractivity contribution in [1.82, 2.24) is 5.32 Å². The highest BCUT2D eigenvalue weighted by Gasteiger charge is 2.29. The van der Waals surface area contributed by atoms with Crippen molar-refractivity contribution in [3.8, 4) is 0 Å². The van der Waals surface area contributed by atoms with Crippen LogP contribution in [0.2, 0.25) is 0 Å². The second kappa shape index (κ2) is 6.65. The molecule has 0 aromatic rings. The van der Waals surface area contributed by atoms with E-state index in [1.165, 1.54) is 56.6 Å². The van der Waals surface area contributed by atoms with Gasteiger partial charge in [-0.1, -0.05) is 20.8 Å². The van der Waals surface area contributed by atoms with Crippen molar-refractivity contribution >= 4 is 11.8 Å². The lowest BCUT2D eigenvalue weighted by Crippen LogP contribution is -2.39. The van der Waals surface area contributed by atoms with Gasteiger partial charge in [-0.3, -0.25) is 0 Å². The first-order chi connectivity index (χ1) is 8.55. The summed E-state index contributed by atoms with van der Waals surface area (Å²) < 4.78 is 0. The van der Waals surface area contributed by atoms with Crippen molar-refractivity contribution in [3.05, 3.63) is 0 Å². The minimum Gasteiger partial charge on any atom is -0.314 e. The summed E-state index contributed by atoms with van der Waals surface area (Å²) in [4.78, 5) is 0. The van der Waals surface area contributed by atoms with Gasteiger partial charge < -0.3 is 5.32 Å². The van der Waals surface area contributed by atoms with Crippen molar-refractivity contribution < 1.29 is 0 Å². The molecule has 1 saturated carbocycles. The highest BCUT2D eigenvalue weighted by molar-refractivity contribution is 7.99. The Morgan fingerprint density at radius 1 is 0.944 bits per heavy atom. The molecule has 1 saturated heterocycles. The predicted molar refractivity (Wildman–Crippen MR) is 83.3 cm³/mol. The maximum atomic E-state index is 3.85. The number of thioether (sulfide) groups is 1. The van der Waals surface area contributed by atoms with Crippen LogP contribution < -0.4 is 5.32 Å². The van der Waals surface area contributed by atoms with Gasteiger partial charge in [0.05, 0.1) is 0 Å². The zero-order chi connectivity index (χ0) is 13.0. The fourth-order valence-electron chi connectivity index (χ4n) is 3.45. The first kappa shape index (κ1) is 14.7. The zero-order valence-electron chi connectivity index (χ0n) is 12.5. The van der Waals surface area contributed by atoms with E-state index in [1.54, 1.807) is 0 Å². The molecule has 0 radical (unpaired) electrons. The molecule has 1 heterocycles. The Bertz CT molecular complexity index is 232. The summed E-state index contributed by atoms with van der Waals surface area (Å²) in [5.74, 6) is 4.69. The van der Waals surface area contributed by atoms with Gasteiger partial charge in [-0.25, -0.2) is 0 Å². The molecule has 0 amide bonds. The Morgan fingerprint density at radius 2 is 1.56 bits per heavy atom. The SMILES string of the molecule is CC(C)(C)C1CCC(NCC2CCSCC2)CC1. The summed E-state index contributed by atoms with van der Waals surface area (Å²) in [5, 5.41) is 3.85. The molecule has 0 unspecified atom stereocenters. The van der Waals surface area contributed by atoms with Crippen LogP contribution in [0.15, 0.2) is 0 Å². The maximum absolute atomic E-state index is 3.85. The van der Waals surface area contributed by atoms with Crippen LogP contribution in [0, 0.1) is 17.3 Å². The van der Waals surface area contributed by atoms with Crippen LogP contribution in [0.3, 0.4) is 0 Å². The minimum absolute atomic E-state index is 0.519. The summed E-state index contributed by atoms with van der Waals surface area (Å²) in [6.07, 6.45) is 8.56. The van der Waals surface area contributed by atoms with E-state index in [1.807, 2.05) is 0 Å². The van der Waals surface area contributed by atoms with Crippen molar-refractivity contribution in [2.45, 2.75) is 65.3 Å². The molecule has 1 aliphatic carbocycles. The van der Waals surface area contributed by atoms with Gasteiger partial charge in [-0.05, 0) is 73.8 Å². The molecule has 2 fully saturated rings. The molecule has 0 atom stereocenters. The van der Waals surface area contributed by atoms with Crippen LogP contribution in [0.5, 0.6) is 0 Å². The molecule has 1 nitrogen and oxygen atoms in total. The Hall–Kier alpha value is 0.310. The molecule has 2 aliphatic rings. The van der Waals surface area contributed by atoms with Gasteiger partial charge >= 0.3 is 0 Å². The normalized spacial score (nSPS) is 31.5. The van der Waals surface area contributed by atoms with E-state index >= 15 is 0 Å². The Morgan fingerprint density at radius 3 is 2.11 bits per heavy atom. The molecule has 18 heavy (non-hydrogen) atoms. The fourth-order valence-corrected chi connectivity index (χ4v) is 4.65. The standard InChI is InChI=1S/C16H31NS/c1-16(2,3)14-4-6-15(7-5-14)17-12-13-8-10-18-11-9-13/h13-15,17H,4-12H2,1-3H3. The van der Waals surface area contributed by atoms with Crippen LogP contribution in [-0.4, -0.2) is 24.1 Å². The summed E-state index contributed by atoms with van der Waals surface area (Å²) >= 11 is 2.14. The quantitative estimate of drug-likeness (QED) is 0.818. The number of hydrogen-bond donors (Lipinski definition) is 1. The van der Waals surface area contributed by atoms with Gasteiger partial charge in [0, 0.05) is 6.04 Å². The number of rotatable bonds is 3. The van der Waals surface area contributed by atoms with E-state index in [9.17, 15) is 0 Å². The van der Waals surface area contributed by atoms with Crippen LogP contribution in [-0.2, 0) is 0 Å². The molecule has 0 bridgehead atoms. The molecular formula is C16H31NS. The molecule has 0 aromatic heterocycles. The van der Waals surface area contributed by atoms with Gasteiger partial charge in [-0.15, -0.1) is 0 Å². The third kappa shape index (κ3) is 4.45. The van der Waals surface area contributed by atoms with E-state index in [-0.39, 0.29) is 0 Å². The topological polar surface area (TPSA) is 12.0 Å². The summed E-state index contributed by atoms with van der Waals surface area (Å²) in [6, 6.07) is 0.818. The van der Waals surface area contributed by atoms with E-state index in [0.29, 0.717) is 5.41 Å². The van der Waals surface area contributed by atoms with Crippen molar-refractivity contribution in [2.24, 2.45) is 17.3 Å². The largest absolute Gasteiger partial charge is 0.314 e. The molecule has 1 N–H and O–H groups in total.